The SMILES string of the molecule is CC(C)CCC[C@@H](C)[C@H]1CCC2C3CC=C4C[C@@H](NC(=O)CCC(=O)O[C@@H]5CCCC[C@H]5[N]C(=O)C(F)(F)F)CC[C@]4(C)C3CC[C@@]21C. The molecule has 10 atom stereocenters. The second-order valence-corrected chi connectivity index (χ2v) is 17.1. The lowest BCUT2D eigenvalue weighted by atomic mass is 9.47. The van der Waals surface area contributed by atoms with Crippen molar-refractivity contribution in [2.75, 3.05) is 0 Å². The van der Waals surface area contributed by atoms with E-state index in [1.807, 2.05) is 0 Å². The highest BCUT2D eigenvalue weighted by molar-refractivity contribution is 5.82. The quantitative estimate of drug-likeness (QED) is 0.175. The molecule has 5 aliphatic rings. The van der Waals surface area contributed by atoms with Crippen LogP contribution >= 0.6 is 0 Å². The fourth-order valence-electron chi connectivity index (χ4n) is 11.1. The predicted molar refractivity (Wildman–Crippen MR) is 180 cm³/mol. The first-order valence-electron chi connectivity index (χ1n) is 19.1. The Bertz CT molecular complexity index is 1200. The Labute approximate surface area is 286 Å². The van der Waals surface area contributed by atoms with Crippen LogP contribution in [-0.4, -0.2) is 42.1 Å². The van der Waals surface area contributed by atoms with E-state index in [1.165, 1.54) is 50.5 Å². The highest BCUT2D eigenvalue weighted by Crippen LogP contribution is 2.67. The van der Waals surface area contributed by atoms with Gasteiger partial charge in [0.1, 0.15) is 6.10 Å². The zero-order valence-electron chi connectivity index (χ0n) is 30.0. The number of alkyl halides is 3. The number of carbonyl (C=O) groups excluding carboxylic acids is 3. The summed E-state index contributed by atoms with van der Waals surface area (Å²) in [6.45, 7) is 12.3. The van der Waals surface area contributed by atoms with Gasteiger partial charge in [-0.05, 0) is 117 Å². The summed E-state index contributed by atoms with van der Waals surface area (Å²) in [4.78, 5) is 36.9. The Balaban J connectivity index is 1.10. The van der Waals surface area contributed by atoms with Gasteiger partial charge in [-0.25, -0.2) is 5.32 Å². The number of allylic oxidation sites excluding steroid dienone is 1. The van der Waals surface area contributed by atoms with Crippen molar-refractivity contribution < 1.29 is 32.3 Å². The zero-order valence-corrected chi connectivity index (χ0v) is 30.0. The topological polar surface area (TPSA) is 86.6 Å². The van der Waals surface area contributed by atoms with Crippen LogP contribution < -0.4 is 10.6 Å². The minimum Gasteiger partial charge on any atom is -0.460 e. The molecule has 0 aromatic rings. The average Bonchev–Trinajstić information content (AvgIpc) is 3.38. The lowest BCUT2D eigenvalue weighted by Gasteiger charge is -2.58. The average molecular weight is 678 g/mol. The van der Waals surface area contributed by atoms with Crippen molar-refractivity contribution in [3.05, 3.63) is 11.6 Å². The maximum Gasteiger partial charge on any atom is 0.473 e. The van der Waals surface area contributed by atoms with Gasteiger partial charge in [0, 0.05) is 12.5 Å². The van der Waals surface area contributed by atoms with Gasteiger partial charge >= 0.3 is 18.1 Å². The molecule has 5 rings (SSSR count). The molecule has 0 bridgehead atoms. The van der Waals surface area contributed by atoms with Gasteiger partial charge in [-0.15, -0.1) is 0 Å². The zero-order chi connectivity index (χ0) is 34.9. The van der Waals surface area contributed by atoms with Crippen molar-refractivity contribution in [3.63, 3.8) is 0 Å². The van der Waals surface area contributed by atoms with Crippen LogP contribution in [0.4, 0.5) is 13.2 Å². The number of halogens is 3. The first-order valence-corrected chi connectivity index (χ1v) is 19.1. The Morgan fingerprint density at radius 1 is 0.958 bits per heavy atom. The summed E-state index contributed by atoms with van der Waals surface area (Å²) in [7, 11) is 0. The van der Waals surface area contributed by atoms with Crippen LogP contribution in [0.25, 0.3) is 0 Å². The van der Waals surface area contributed by atoms with Crippen LogP contribution in [0.2, 0.25) is 0 Å². The normalized spacial score (nSPS) is 37.0. The monoisotopic (exact) mass is 677 g/mol. The van der Waals surface area contributed by atoms with Gasteiger partial charge in [-0.1, -0.05) is 72.0 Å². The molecule has 4 saturated carbocycles. The number of ether oxygens (including phenoxy) is 1. The Hall–Kier alpha value is -2.06. The van der Waals surface area contributed by atoms with Crippen LogP contribution in [0.15, 0.2) is 11.6 Å². The van der Waals surface area contributed by atoms with Crippen molar-refractivity contribution in [2.45, 2.75) is 168 Å². The summed E-state index contributed by atoms with van der Waals surface area (Å²) in [5.74, 6) is 1.70. The number of nitrogens with one attached hydrogen (secondary N) is 1. The number of amides is 2. The second kappa shape index (κ2) is 15.0. The molecule has 1 radical (unpaired) electrons. The third-order valence-electron chi connectivity index (χ3n) is 13.7. The van der Waals surface area contributed by atoms with Crippen LogP contribution in [-0.2, 0) is 19.1 Å². The van der Waals surface area contributed by atoms with E-state index in [4.69, 9.17) is 4.74 Å². The standard InChI is InChI=1S/C39H60F3N2O4/c1-24(2)9-8-10-25(3)29-15-16-30-28-14-13-26-23-27(19-21-37(26,4)31(28)20-22-38(29,30)5)43-34(45)17-18-35(46)48-33-12-7-6-11-32(33)44-36(47)39(40,41)42/h13,24-25,27-33H,6-12,14-23H2,1-5H3,(H,43,45)/t25-,27+,28?,29-,30?,31?,32-,33-,37+,38-/m1/s1. The number of esters is 1. The summed E-state index contributed by atoms with van der Waals surface area (Å²) >= 11 is 0. The van der Waals surface area contributed by atoms with Gasteiger partial charge in [0.15, 0.2) is 0 Å². The van der Waals surface area contributed by atoms with Gasteiger partial charge < -0.3 is 10.1 Å². The molecule has 5 aliphatic carbocycles. The highest BCUT2D eigenvalue weighted by atomic mass is 19.4. The molecule has 0 spiro atoms. The van der Waals surface area contributed by atoms with Gasteiger partial charge in [0.2, 0.25) is 5.91 Å². The van der Waals surface area contributed by atoms with Gasteiger partial charge in [0.05, 0.1) is 12.5 Å². The van der Waals surface area contributed by atoms with E-state index in [9.17, 15) is 27.6 Å². The Morgan fingerprint density at radius 2 is 1.71 bits per heavy atom. The largest absolute Gasteiger partial charge is 0.473 e. The molecular formula is C39H60F3N2O4. The van der Waals surface area contributed by atoms with Crippen molar-refractivity contribution >= 4 is 17.8 Å². The summed E-state index contributed by atoms with van der Waals surface area (Å²) in [5, 5.41) is 6.46. The Morgan fingerprint density at radius 3 is 2.44 bits per heavy atom. The van der Waals surface area contributed by atoms with Gasteiger partial charge in [-0.3, -0.25) is 14.4 Å². The minimum absolute atomic E-state index is 0.0377. The third kappa shape index (κ3) is 8.11. The summed E-state index contributed by atoms with van der Waals surface area (Å²) < 4.78 is 43.6. The van der Waals surface area contributed by atoms with E-state index < -0.39 is 30.2 Å². The van der Waals surface area contributed by atoms with Crippen molar-refractivity contribution in [3.8, 4) is 0 Å². The minimum atomic E-state index is -5.04. The number of fused-ring (bicyclic) bond motifs is 5. The number of carbonyl (C=O) groups is 3. The van der Waals surface area contributed by atoms with E-state index in [0.717, 1.165) is 55.3 Å². The lowest BCUT2D eigenvalue weighted by Crippen LogP contribution is -2.52. The molecular weight excluding hydrogens is 617 g/mol. The molecule has 3 unspecified atom stereocenters. The lowest BCUT2D eigenvalue weighted by molar-refractivity contribution is -0.177. The summed E-state index contributed by atoms with van der Waals surface area (Å²) in [6.07, 6.45) is 11.8. The molecule has 0 aromatic heterocycles. The molecule has 0 heterocycles. The molecule has 0 aromatic carbocycles. The summed E-state index contributed by atoms with van der Waals surface area (Å²) in [5.41, 5.74) is 2.14. The van der Waals surface area contributed by atoms with Gasteiger partial charge in [0.25, 0.3) is 0 Å². The van der Waals surface area contributed by atoms with Crippen LogP contribution in [0.1, 0.15) is 144 Å². The smallest absolute Gasteiger partial charge is 0.460 e. The molecule has 48 heavy (non-hydrogen) atoms. The highest BCUT2D eigenvalue weighted by Gasteiger charge is 2.59. The molecule has 6 nitrogen and oxygen atoms in total. The van der Waals surface area contributed by atoms with Crippen LogP contribution in [0, 0.1) is 46.3 Å². The van der Waals surface area contributed by atoms with Gasteiger partial charge in [-0.2, -0.15) is 13.2 Å². The van der Waals surface area contributed by atoms with Crippen LogP contribution in [0.5, 0.6) is 0 Å². The molecule has 4 fully saturated rings. The fourth-order valence-corrected chi connectivity index (χ4v) is 11.1. The van der Waals surface area contributed by atoms with Crippen LogP contribution in [0.3, 0.4) is 0 Å². The molecule has 0 saturated heterocycles. The molecule has 2 amide bonds. The molecule has 9 heteroatoms. The van der Waals surface area contributed by atoms with E-state index in [-0.39, 0.29) is 36.6 Å². The number of nitrogens with zero attached hydrogens (tertiary/aromatic N) is 1. The third-order valence-corrected chi connectivity index (χ3v) is 13.7. The first-order chi connectivity index (χ1) is 22.6. The molecule has 0 aliphatic heterocycles. The first kappa shape index (κ1) is 37.2. The second-order valence-electron chi connectivity index (χ2n) is 17.1. The molecule has 271 valence electrons. The maximum absolute atomic E-state index is 12.9. The number of rotatable bonds is 11. The maximum atomic E-state index is 12.9. The van der Waals surface area contributed by atoms with E-state index in [1.54, 1.807) is 0 Å². The molecule has 1 N–H and O–H groups in total. The number of hydrogen-bond donors (Lipinski definition) is 1. The summed E-state index contributed by atoms with van der Waals surface area (Å²) in [6, 6.07) is -0.961. The van der Waals surface area contributed by atoms with Crippen molar-refractivity contribution in [1.82, 2.24) is 10.6 Å². The fraction of sp³-hybridized carbons (Fsp3) is 0.872. The predicted octanol–water partition coefficient (Wildman–Crippen LogP) is 8.84. The van der Waals surface area contributed by atoms with Crippen molar-refractivity contribution in [1.29, 1.82) is 0 Å². The van der Waals surface area contributed by atoms with E-state index >= 15 is 0 Å². The number of hydrogen-bond acceptors (Lipinski definition) is 4. The van der Waals surface area contributed by atoms with E-state index in [2.05, 4.69) is 51.3 Å². The Kier molecular flexibility index (Phi) is 11.7. The van der Waals surface area contributed by atoms with E-state index in [0.29, 0.717) is 30.6 Å². The van der Waals surface area contributed by atoms with Crippen molar-refractivity contribution in [2.24, 2.45) is 46.3 Å².